The van der Waals surface area contributed by atoms with Gasteiger partial charge in [0, 0.05) is 12.2 Å². The van der Waals surface area contributed by atoms with Crippen LogP contribution in [-0.4, -0.2) is 31.7 Å². The van der Waals surface area contributed by atoms with E-state index in [0.29, 0.717) is 31.9 Å². The van der Waals surface area contributed by atoms with Crippen LogP contribution in [0, 0.1) is 6.92 Å². The van der Waals surface area contributed by atoms with E-state index >= 15 is 0 Å². The Bertz CT molecular complexity index is 682. The van der Waals surface area contributed by atoms with Crippen molar-refractivity contribution in [3.63, 3.8) is 0 Å². The molecule has 0 heterocycles. The summed E-state index contributed by atoms with van der Waals surface area (Å²) in [6.07, 6.45) is 0. The number of amides is 1. The van der Waals surface area contributed by atoms with Crippen molar-refractivity contribution in [2.45, 2.75) is 20.4 Å². The van der Waals surface area contributed by atoms with Crippen LogP contribution in [0.4, 0.5) is 0 Å². The maximum absolute atomic E-state index is 12.4. The molecule has 0 bridgehead atoms. The molecule has 5 heteroatoms. The first-order chi connectivity index (χ1) is 12.2. The summed E-state index contributed by atoms with van der Waals surface area (Å²) in [4.78, 5) is 16.7. The van der Waals surface area contributed by atoms with E-state index in [9.17, 15) is 4.79 Å². The second-order valence-electron chi connectivity index (χ2n) is 5.47. The van der Waals surface area contributed by atoms with Gasteiger partial charge >= 0.3 is 0 Å². The molecule has 0 aliphatic rings. The second kappa shape index (κ2) is 10.3. The maximum Gasteiger partial charge on any atom is 0.292 e. The van der Waals surface area contributed by atoms with Crippen LogP contribution < -0.4 is 5.32 Å². The van der Waals surface area contributed by atoms with Gasteiger partial charge in [0.1, 0.15) is 6.61 Å². The number of carbonyl (C=O) groups is 1. The minimum Gasteiger partial charge on any atom is -0.463 e. The number of carbonyl (C=O) groups excluding carboxylic acids is 1. The molecule has 0 aliphatic heterocycles. The third kappa shape index (κ3) is 6.77. The molecule has 0 unspecified atom stereocenters. The van der Waals surface area contributed by atoms with Crippen molar-refractivity contribution in [3.05, 3.63) is 71.3 Å². The molecule has 0 aromatic heterocycles. The van der Waals surface area contributed by atoms with E-state index in [0.717, 1.165) is 11.1 Å². The molecule has 1 N–H and O–H groups in total. The van der Waals surface area contributed by atoms with Crippen molar-refractivity contribution in [2.75, 3.05) is 19.8 Å². The SMILES string of the molecule is CCOCCOC(=NCc1ccccc1)NC(=O)c1ccc(C)cc1. The fourth-order valence-corrected chi connectivity index (χ4v) is 2.08. The van der Waals surface area contributed by atoms with Gasteiger partial charge in [-0.05, 0) is 31.5 Å². The fraction of sp³-hybridized carbons (Fsp3) is 0.300. The molecule has 0 radical (unpaired) electrons. The summed E-state index contributed by atoms with van der Waals surface area (Å²) in [5, 5.41) is 2.73. The lowest BCUT2D eigenvalue weighted by Gasteiger charge is -2.11. The molecule has 0 saturated heterocycles. The minimum absolute atomic E-state index is 0.203. The van der Waals surface area contributed by atoms with Gasteiger partial charge in [-0.15, -0.1) is 0 Å². The Morgan fingerprint density at radius 3 is 2.44 bits per heavy atom. The van der Waals surface area contributed by atoms with Crippen LogP contribution in [0.1, 0.15) is 28.4 Å². The van der Waals surface area contributed by atoms with Crippen molar-refractivity contribution in [1.29, 1.82) is 0 Å². The molecular weight excluding hydrogens is 316 g/mol. The molecule has 0 aliphatic carbocycles. The van der Waals surface area contributed by atoms with Crippen molar-refractivity contribution >= 4 is 11.9 Å². The highest BCUT2D eigenvalue weighted by molar-refractivity contribution is 6.04. The molecular formula is C20H24N2O3. The molecule has 1 amide bonds. The Kier molecular flexibility index (Phi) is 7.66. The van der Waals surface area contributed by atoms with Crippen LogP contribution in [0.15, 0.2) is 59.6 Å². The highest BCUT2D eigenvalue weighted by Gasteiger charge is 2.10. The number of amidine groups is 1. The Balaban J connectivity index is 2.01. The van der Waals surface area contributed by atoms with Gasteiger partial charge in [0.25, 0.3) is 11.9 Å². The first kappa shape index (κ1) is 18.7. The van der Waals surface area contributed by atoms with Gasteiger partial charge in [-0.2, -0.15) is 0 Å². The van der Waals surface area contributed by atoms with E-state index in [1.54, 1.807) is 12.1 Å². The highest BCUT2D eigenvalue weighted by Crippen LogP contribution is 2.04. The van der Waals surface area contributed by atoms with Crippen molar-refractivity contribution in [1.82, 2.24) is 5.32 Å². The van der Waals surface area contributed by atoms with Crippen LogP contribution in [0.5, 0.6) is 0 Å². The third-order valence-electron chi connectivity index (χ3n) is 3.45. The Morgan fingerprint density at radius 1 is 1.04 bits per heavy atom. The zero-order valence-electron chi connectivity index (χ0n) is 14.7. The predicted octanol–water partition coefficient (Wildman–Crippen LogP) is 3.33. The maximum atomic E-state index is 12.4. The van der Waals surface area contributed by atoms with Gasteiger partial charge in [-0.25, -0.2) is 4.99 Å². The van der Waals surface area contributed by atoms with Gasteiger partial charge in [-0.3, -0.25) is 10.1 Å². The first-order valence-corrected chi connectivity index (χ1v) is 8.36. The van der Waals surface area contributed by atoms with E-state index in [1.807, 2.05) is 56.3 Å². The van der Waals surface area contributed by atoms with Crippen LogP contribution in [-0.2, 0) is 16.0 Å². The average Bonchev–Trinajstić information content (AvgIpc) is 2.64. The molecule has 0 spiro atoms. The minimum atomic E-state index is -0.247. The number of ether oxygens (including phenoxy) is 2. The highest BCUT2D eigenvalue weighted by atomic mass is 16.5. The molecule has 132 valence electrons. The molecule has 2 aromatic carbocycles. The first-order valence-electron chi connectivity index (χ1n) is 8.36. The summed E-state index contributed by atoms with van der Waals surface area (Å²) in [5.74, 6) is -0.247. The van der Waals surface area contributed by atoms with Crippen LogP contribution in [0.25, 0.3) is 0 Å². The summed E-state index contributed by atoms with van der Waals surface area (Å²) in [6, 6.07) is 17.3. The topological polar surface area (TPSA) is 59.9 Å². The third-order valence-corrected chi connectivity index (χ3v) is 3.45. The van der Waals surface area contributed by atoms with Crippen molar-refractivity contribution in [3.8, 4) is 0 Å². The van der Waals surface area contributed by atoms with Gasteiger partial charge in [-0.1, -0.05) is 48.0 Å². The number of aryl methyl sites for hydroxylation is 1. The standard InChI is InChI=1S/C20H24N2O3/c1-3-24-13-14-25-20(21-15-17-7-5-4-6-8-17)22-19(23)18-11-9-16(2)10-12-18/h4-12H,3,13-15H2,1-2H3,(H,21,22,23). The summed E-state index contributed by atoms with van der Waals surface area (Å²) in [5.41, 5.74) is 2.70. The number of nitrogens with zero attached hydrogens (tertiary/aromatic N) is 1. The lowest BCUT2D eigenvalue weighted by molar-refractivity contribution is 0.0922. The number of rotatable bonds is 7. The Morgan fingerprint density at radius 2 is 1.76 bits per heavy atom. The lowest BCUT2D eigenvalue weighted by Crippen LogP contribution is -2.33. The molecule has 5 nitrogen and oxygen atoms in total. The van der Waals surface area contributed by atoms with Gasteiger partial charge in [0.05, 0.1) is 13.2 Å². The van der Waals surface area contributed by atoms with Crippen molar-refractivity contribution < 1.29 is 14.3 Å². The fourth-order valence-electron chi connectivity index (χ4n) is 2.08. The number of benzene rings is 2. The van der Waals surface area contributed by atoms with E-state index in [-0.39, 0.29) is 11.9 Å². The number of hydrogen-bond acceptors (Lipinski definition) is 4. The monoisotopic (exact) mass is 340 g/mol. The largest absolute Gasteiger partial charge is 0.463 e. The molecule has 0 saturated carbocycles. The molecule has 2 aromatic rings. The summed E-state index contributed by atoms with van der Waals surface area (Å²) in [6.45, 7) is 5.72. The molecule has 2 rings (SSSR count). The van der Waals surface area contributed by atoms with Crippen molar-refractivity contribution in [2.24, 2.45) is 4.99 Å². The lowest BCUT2D eigenvalue weighted by atomic mass is 10.1. The number of nitrogens with one attached hydrogen (secondary N) is 1. The van der Waals surface area contributed by atoms with Crippen LogP contribution >= 0.6 is 0 Å². The van der Waals surface area contributed by atoms with E-state index in [2.05, 4.69) is 10.3 Å². The van der Waals surface area contributed by atoms with E-state index < -0.39 is 0 Å². The van der Waals surface area contributed by atoms with Gasteiger partial charge < -0.3 is 9.47 Å². The van der Waals surface area contributed by atoms with E-state index in [1.165, 1.54) is 0 Å². The average molecular weight is 340 g/mol. The smallest absolute Gasteiger partial charge is 0.292 e. The van der Waals surface area contributed by atoms with Gasteiger partial charge in [0.2, 0.25) is 0 Å². The Hall–Kier alpha value is -2.66. The quantitative estimate of drug-likeness (QED) is 0.478. The normalized spacial score (nSPS) is 11.2. The van der Waals surface area contributed by atoms with Crippen LogP contribution in [0.2, 0.25) is 0 Å². The predicted molar refractivity (Wildman–Crippen MR) is 98.7 cm³/mol. The number of aliphatic imine (C=N–C) groups is 1. The summed E-state index contributed by atoms with van der Waals surface area (Å²) >= 11 is 0. The van der Waals surface area contributed by atoms with Crippen LogP contribution in [0.3, 0.4) is 0 Å². The molecule has 0 fully saturated rings. The van der Waals surface area contributed by atoms with E-state index in [4.69, 9.17) is 9.47 Å². The second-order valence-corrected chi connectivity index (χ2v) is 5.47. The number of hydrogen-bond donors (Lipinski definition) is 1. The zero-order chi connectivity index (χ0) is 17.9. The summed E-state index contributed by atoms with van der Waals surface area (Å²) < 4.78 is 10.8. The van der Waals surface area contributed by atoms with Gasteiger partial charge in [0.15, 0.2) is 0 Å². The molecule has 0 atom stereocenters. The molecule has 25 heavy (non-hydrogen) atoms. The summed E-state index contributed by atoms with van der Waals surface area (Å²) in [7, 11) is 0. The zero-order valence-corrected chi connectivity index (χ0v) is 14.7. The Labute approximate surface area is 148 Å².